The lowest BCUT2D eigenvalue weighted by Crippen LogP contribution is -2.47. The van der Waals surface area contributed by atoms with Crippen molar-refractivity contribution in [2.24, 2.45) is 0 Å². The molecule has 0 unspecified atom stereocenters. The zero-order valence-corrected chi connectivity index (χ0v) is 13.8. The predicted octanol–water partition coefficient (Wildman–Crippen LogP) is 3.52. The van der Waals surface area contributed by atoms with Crippen molar-refractivity contribution >= 4 is 5.91 Å². The number of hydrogen-bond acceptors (Lipinski definition) is 2. The van der Waals surface area contributed by atoms with E-state index in [4.69, 9.17) is 0 Å². The molecular formula is C20H21FN2O. The summed E-state index contributed by atoms with van der Waals surface area (Å²) in [6, 6.07) is 15.0. The Balaban J connectivity index is 1.60. The van der Waals surface area contributed by atoms with Gasteiger partial charge in [0.2, 0.25) is 5.91 Å². The SMILES string of the molecule is CN1CC[C@@]2(CC[C@H](c3cccc(-c4cccc(F)c4)c3)N2)C1=O. The first-order valence-electron chi connectivity index (χ1n) is 8.47. The van der Waals surface area contributed by atoms with Gasteiger partial charge in [0.25, 0.3) is 0 Å². The maximum Gasteiger partial charge on any atom is 0.242 e. The van der Waals surface area contributed by atoms with Crippen molar-refractivity contribution in [2.45, 2.75) is 30.8 Å². The zero-order valence-electron chi connectivity index (χ0n) is 13.8. The van der Waals surface area contributed by atoms with Crippen LogP contribution in [0.4, 0.5) is 4.39 Å². The number of carbonyl (C=O) groups excluding carboxylic acids is 1. The molecule has 2 aliphatic heterocycles. The number of carbonyl (C=O) groups is 1. The largest absolute Gasteiger partial charge is 0.344 e. The first-order chi connectivity index (χ1) is 11.6. The summed E-state index contributed by atoms with van der Waals surface area (Å²) >= 11 is 0. The van der Waals surface area contributed by atoms with E-state index in [-0.39, 0.29) is 23.3 Å². The Morgan fingerprint density at radius 2 is 1.88 bits per heavy atom. The Kier molecular flexibility index (Phi) is 3.65. The van der Waals surface area contributed by atoms with Gasteiger partial charge in [-0.25, -0.2) is 4.39 Å². The summed E-state index contributed by atoms with van der Waals surface area (Å²) in [5.41, 5.74) is 2.66. The van der Waals surface area contributed by atoms with Crippen molar-refractivity contribution in [3.05, 3.63) is 59.9 Å². The molecule has 1 N–H and O–H groups in total. The molecule has 2 heterocycles. The number of likely N-dealkylation sites (tertiary alicyclic amines) is 1. The number of halogens is 1. The highest BCUT2D eigenvalue weighted by molar-refractivity contribution is 5.88. The number of rotatable bonds is 2. The highest BCUT2D eigenvalue weighted by Crippen LogP contribution is 2.39. The van der Waals surface area contributed by atoms with Gasteiger partial charge in [-0.2, -0.15) is 0 Å². The van der Waals surface area contributed by atoms with Gasteiger partial charge < -0.3 is 4.90 Å². The van der Waals surface area contributed by atoms with Gasteiger partial charge in [-0.1, -0.05) is 30.3 Å². The fourth-order valence-electron chi connectivity index (χ4n) is 4.02. The number of amides is 1. The molecule has 2 atom stereocenters. The average molecular weight is 324 g/mol. The monoisotopic (exact) mass is 324 g/mol. The van der Waals surface area contributed by atoms with Crippen LogP contribution in [0, 0.1) is 5.82 Å². The molecule has 1 amide bonds. The van der Waals surface area contributed by atoms with Gasteiger partial charge >= 0.3 is 0 Å². The normalized spacial score (nSPS) is 26.5. The molecule has 3 nitrogen and oxygen atoms in total. The van der Waals surface area contributed by atoms with Crippen LogP contribution in [0.25, 0.3) is 11.1 Å². The first kappa shape index (κ1) is 15.3. The van der Waals surface area contributed by atoms with Crippen LogP contribution in [-0.4, -0.2) is 29.9 Å². The molecule has 2 fully saturated rings. The lowest BCUT2D eigenvalue weighted by Gasteiger charge is -2.23. The van der Waals surface area contributed by atoms with Crippen LogP contribution in [0.2, 0.25) is 0 Å². The smallest absolute Gasteiger partial charge is 0.242 e. The van der Waals surface area contributed by atoms with E-state index < -0.39 is 0 Å². The Hall–Kier alpha value is -2.20. The summed E-state index contributed by atoms with van der Waals surface area (Å²) in [6.07, 6.45) is 2.71. The van der Waals surface area contributed by atoms with Gasteiger partial charge in [0, 0.05) is 19.6 Å². The summed E-state index contributed by atoms with van der Waals surface area (Å²) < 4.78 is 13.5. The van der Waals surface area contributed by atoms with E-state index in [9.17, 15) is 9.18 Å². The number of hydrogen-bond donors (Lipinski definition) is 1. The molecule has 4 rings (SSSR count). The molecule has 0 aliphatic carbocycles. The molecule has 2 aliphatic rings. The summed E-state index contributed by atoms with van der Waals surface area (Å²) in [4.78, 5) is 14.3. The van der Waals surface area contributed by atoms with Crippen molar-refractivity contribution in [3.8, 4) is 11.1 Å². The molecule has 0 bridgehead atoms. The van der Waals surface area contributed by atoms with Crippen LogP contribution in [0.5, 0.6) is 0 Å². The maximum atomic E-state index is 13.5. The van der Waals surface area contributed by atoms with E-state index in [0.29, 0.717) is 0 Å². The van der Waals surface area contributed by atoms with Crippen molar-refractivity contribution in [1.29, 1.82) is 0 Å². The molecular weight excluding hydrogens is 303 g/mol. The molecule has 2 aromatic rings. The average Bonchev–Trinajstić information content (AvgIpc) is 3.15. The standard InChI is InChI=1S/C20H21FN2O/c1-23-11-10-20(19(23)24)9-8-18(22-20)16-6-2-4-14(12-16)15-5-3-7-17(21)13-15/h2-7,12-13,18,22H,8-11H2,1H3/t18-,20+/m1/s1. The summed E-state index contributed by atoms with van der Waals surface area (Å²) in [5.74, 6) is -0.0123. The third-order valence-electron chi connectivity index (χ3n) is 5.39. The van der Waals surface area contributed by atoms with Gasteiger partial charge in [-0.3, -0.25) is 10.1 Å². The van der Waals surface area contributed by atoms with Crippen molar-refractivity contribution < 1.29 is 9.18 Å². The van der Waals surface area contributed by atoms with Crippen LogP contribution in [0.15, 0.2) is 48.5 Å². The second-order valence-corrected chi connectivity index (χ2v) is 6.93. The van der Waals surface area contributed by atoms with Gasteiger partial charge in [-0.15, -0.1) is 0 Å². The minimum atomic E-state index is -0.381. The quantitative estimate of drug-likeness (QED) is 0.917. The van der Waals surface area contributed by atoms with E-state index in [0.717, 1.165) is 42.5 Å². The Morgan fingerprint density at radius 1 is 1.12 bits per heavy atom. The Labute approximate surface area is 141 Å². The van der Waals surface area contributed by atoms with E-state index in [1.165, 1.54) is 6.07 Å². The predicted molar refractivity (Wildman–Crippen MR) is 91.9 cm³/mol. The lowest BCUT2D eigenvalue weighted by molar-refractivity contribution is -0.131. The summed E-state index contributed by atoms with van der Waals surface area (Å²) in [7, 11) is 1.87. The van der Waals surface area contributed by atoms with E-state index >= 15 is 0 Å². The zero-order chi connectivity index (χ0) is 16.7. The minimum Gasteiger partial charge on any atom is -0.344 e. The van der Waals surface area contributed by atoms with Crippen LogP contribution in [0.3, 0.4) is 0 Å². The number of benzene rings is 2. The van der Waals surface area contributed by atoms with Crippen LogP contribution in [-0.2, 0) is 4.79 Å². The van der Waals surface area contributed by atoms with Crippen molar-refractivity contribution in [2.75, 3.05) is 13.6 Å². The highest BCUT2D eigenvalue weighted by atomic mass is 19.1. The number of likely N-dealkylation sites (N-methyl/N-ethyl adjacent to an activating group) is 1. The minimum absolute atomic E-state index is 0.175. The topological polar surface area (TPSA) is 32.3 Å². The highest BCUT2D eigenvalue weighted by Gasteiger charge is 2.49. The van der Waals surface area contributed by atoms with Crippen LogP contribution >= 0.6 is 0 Å². The maximum absolute atomic E-state index is 13.5. The van der Waals surface area contributed by atoms with Gasteiger partial charge in [0.05, 0.1) is 0 Å². The third kappa shape index (κ3) is 2.51. The third-order valence-corrected chi connectivity index (χ3v) is 5.39. The second kappa shape index (κ2) is 5.71. The number of nitrogens with zero attached hydrogens (tertiary/aromatic N) is 1. The van der Waals surface area contributed by atoms with E-state index in [1.807, 2.05) is 30.1 Å². The van der Waals surface area contributed by atoms with Crippen LogP contribution in [0.1, 0.15) is 30.9 Å². The molecule has 24 heavy (non-hydrogen) atoms. The Bertz CT molecular complexity index is 791. The molecule has 1 spiro atoms. The van der Waals surface area contributed by atoms with Gasteiger partial charge in [0.15, 0.2) is 0 Å². The molecule has 4 heteroatoms. The van der Waals surface area contributed by atoms with E-state index in [1.54, 1.807) is 12.1 Å². The fraction of sp³-hybridized carbons (Fsp3) is 0.350. The van der Waals surface area contributed by atoms with Gasteiger partial charge in [0.1, 0.15) is 11.4 Å². The molecule has 2 aromatic carbocycles. The fourth-order valence-corrected chi connectivity index (χ4v) is 4.02. The lowest BCUT2D eigenvalue weighted by atomic mass is 9.95. The molecule has 0 aromatic heterocycles. The Morgan fingerprint density at radius 3 is 2.58 bits per heavy atom. The first-order valence-corrected chi connectivity index (χ1v) is 8.47. The molecule has 0 radical (unpaired) electrons. The van der Waals surface area contributed by atoms with Crippen molar-refractivity contribution in [3.63, 3.8) is 0 Å². The van der Waals surface area contributed by atoms with Crippen molar-refractivity contribution in [1.82, 2.24) is 10.2 Å². The number of nitrogens with one attached hydrogen (secondary N) is 1. The molecule has 124 valence electrons. The van der Waals surface area contributed by atoms with Crippen LogP contribution < -0.4 is 5.32 Å². The molecule has 0 saturated carbocycles. The molecule has 2 saturated heterocycles. The summed E-state index contributed by atoms with van der Waals surface area (Å²) in [6.45, 7) is 0.821. The van der Waals surface area contributed by atoms with E-state index in [2.05, 4.69) is 17.4 Å². The summed E-state index contributed by atoms with van der Waals surface area (Å²) in [5, 5.41) is 3.59. The second-order valence-electron chi connectivity index (χ2n) is 6.93. The van der Waals surface area contributed by atoms with Gasteiger partial charge in [-0.05, 0) is 54.2 Å².